The standard InChI is InChI=1S/C22H25FN2O3/c1-3-6-17-9-10-20(21(15-17)27-2)28-16-22(26)25-13-11-24(12-14-25)19-8-5-4-7-18(19)23/h3-5,7-10,15H,1,6,11-14,16H2,2H3. The lowest BCUT2D eigenvalue weighted by Gasteiger charge is -2.36. The zero-order valence-electron chi connectivity index (χ0n) is 16.1. The first-order chi connectivity index (χ1) is 13.6. The number of benzene rings is 2. The lowest BCUT2D eigenvalue weighted by molar-refractivity contribution is -0.133. The smallest absolute Gasteiger partial charge is 0.260 e. The van der Waals surface area contributed by atoms with Gasteiger partial charge < -0.3 is 19.3 Å². The molecule has 0 N–H and O–H groups in total. The fourth-order valence-corrected chi connectivity index (χ4v) is 3.26. The number of halogens is 1. The molecule has 1 fully saturated rings. The number of rotatable bonds is 7. The van der Waals surface area contributed by atoms with Crippen molar-refractivity contribution in [3.8, 4) is 11.5 Å². The van der Waals surface area contributed by atoms with Crippen molar-refractivity contribution >= 4 is 11.6 Å². The number of hydrogen-bond acceptors (Lipinski definition) is 4. The van der Waals surface area contributed by atoms with E-state index in [1.165, 1.54) is 6.07 Å². The van der Waals surface area contributed by atoms with Crippen molar-refractivity contribution in [3.63, 3.8) is 0 Å². The zero-order valence-corrected chi connectivity index (χ0v) is 16.1. The molecule has 0 aliphatic carbocycles. The maximum atomic E-state index is 13.9. The molecule has 28 heavy (non-hydrogen) atoms. The van der Waals surface area contributed by atoms with E-state index in [1.54, 1.807) is 30.2 Å². The molecule has 1 aliphatic rings. The van der Waals surface area contributed by atoms with E-state index in [4.69, 9.17) is 9.47 Å². The highest BCUT2D eigenvalue weighted by Crippen LogP contribution is 2.28. The van der Waals surface area contributed by atoms with Crippen LogP contribution in [0.5, 0.6) is 11.5 Å². The number of para-hydroxylation sites is 1. The molecule has 2 aromatic carbocycles. The summed E-state index contributed by atoms with van der Waals surface area (Å²) in [7, 11) is 1.57. The SMILES string of the molecule is C=CCc1ccc(OCC(=O)N2CCN(c3ccccc3F)CC2)c(OC)c1. The Balaban J connectivity index is 1.54. The van der Waals surface area contributed by atoms with Crippen LogP contribution in [-0.4, -0.2) is 50.7 Å². The van der Waals surface area contributed by atoms with Gasteiger partial charge in [-0.3, -0.25) is 4.79 Å². The fraction of sp³-hybridized carbons (Fsp3) is 0.318. The lowest BCUT2D eigenvalue weighted by atomic mass is 10.1. The molecule has 0 saturated carbocycles. The van der Waals surface area contributed by atoms with Crippen molar-refractivity contribution in [2.45, 2.75) is 6.42 Å². The second-order valence-corrected chi connectivity index (χ2v) is 6.59. The van der Waals surface area contributed by atoms with Gasteiger partial charge in [-0.2, -0.15) is 0 Å². The summed E-state index contributed by atoms with van der Waals surface area (Å²) in [5, 5.41) is 0. The third-order valence-electron chi connectivity index (χ3n) is 4.78. The average molecular weight is 384 g/mol. The van der Waals surface area contributed by atoms with Crippen LogP contribution in [0.15, 0.2) is 55.1 Å². The highest BCUT2D eigenvalue weighted by atomic mass is 19.1. The van der Waals surface area contributed by atoms with Crippen LogP contribution in [-0.2, 0) is 11.2 Å². The number of allylic oxidation sites excluding steroid dienone is 1. The van der Waals surface area contributed by atoms with E-state index in [1.807, 2.05) is 29.2 Å². The van der Waals surface area contributed by atoms with Gasteiger partial charge in [0.2, 0.25) is 0 Å². The number of hydrogen-bond donors (Lipinski definition) is 0. The number of methoxy groups -OCH3 is 1. The van der Waals surface area contributed by atoms with Crippen LogP contribution >= 0.6 is 0 Å². The van der Waals surface area contributed by atoms with Crippen molar-refractivity contribution < 1.29 is 18.7 Å². The zero-order chi connectivity index (χ0) is 19.9. The third-order valence-corrected chi connectivity index (χ3v) is 4.78. The molecule has 0 spiro atoms. The maximum Gasteiger partial charge on any atom is 0.260 e. The minimum atomic E-state index is -0.238. The molecular weight excluding hydrogens is 359 g/mol. The fourth-order valence-electron chi connectivity index (χ4n) is 3.26. The van der Waals surface area contributed by atoms with Crippen molar-refractivity contribution in [2.75, 3.05) is 44.8 Å². The highest BCUT2D eigenvalue weighted by Gasteiger charge is 2.23. The molecule has 0 aromatic heterocycles. The van der Waals surface area contributed by atoms with Crippen LogP contribution in [0.25, 0.3) is 0 Å². The molecule has 0 unspecified atom stereocenters. The maximum absolute atomic E-state index is 13.9. The molecule has 1 saturated heterocycles. The predicted molar refractivity (Wildman–Crippen MR) is 108 cm³/mol. The number of anilines is 1. The molecule has 148 valence electrons. The summed E-state index contributed by atoms with van der Waals surface area (Å²) >= 11 is 0. The number of carbonyl (C=O) groups is 1. The van der Waals surface area contributed by atoms with Gasteiger partial charge in [-0.05, 0) is 36.2 Å². The highest BCUT2D eigenvalue weighted by molar-refractivity contribution is 5.78. The van der Waals surface area contributed by atoms with E-state index in [-0.39, 0.29) is 18.3 Å². The molecule has 2 aromatic rings. The summed E-state index contributed by atoms with van der Waals surface area (Å²) in [5.74, 6) is 0.799. The van der Waals surface area contributed by atoms with Gasteiger partial charge in [-0.1, -0.05) is 24.3 Å². The first kappa shape index (κ1) is 19.7. The van der Waals surface area contributed by atoms with Gasteiger partial charge in [-0.25, -0.2) is 4.39 Å². The van der Waals surface area contributed by atoms with Crippen LogP contribution in [0.2, 0.25) is 0 Å². The van der Waals surface area contributed by atoms with E-state index >= 15 is 0 Å². The molecule has 1 amide bonds. The second kappa shape index (κ2) is 9.26. The van der Waals surface area contributed by atoms with Gasteiger partial charge in [0.15, 0.2) is 18.1 Å². The summed E-state index contributed by atoms with van der Waals surface area (Å²) in [6.45, 7) is 5.92. The molecular formula is C22H25FN2O3. The van der Waals surface area contributed by atoms with Crippen molar-refractivity contribution in [2.24, 2.45) is 0 Å². The van der Waals surface area contributed by atoms with Crippen LogP contribution in [0.4, 0.5) is 10.1 Å². The molecule has 1 aliphatic heterocycles. The van der Waals surface area contributed by atoms with Crippen LogP contribution in [0, 0.1) is 5.82 Å². The number of piperazine rings is 1. The summed E-state index contributed by atoms with van der Waals surface area (Å²) in [5.41, 5.74) is 1.64. The Morgan fingerprint density at radius 3 is 2.57 bits per heavy atom. The van der Waals surface area contributed by atoms with Gasteiger partial charge in [0, 0.05) is 26.2 Å². The van der Waals surface area contributed by atoms with Crippen molar-refractivity contribution in [3.05, 3.63) is 66.5 Å². The van der Waals surface area contributed by atoms with E-state index in [0.29, 0.717) is 43.4 Å². The Morgan fingerprint density at radius 2 is 1.89 bits per heavy atom. The molecule has 0 bridgehead atoms. The Labute approximate surface area is 165 Å². The predicted octanol–water partition coefficient (Wildman–Crippen LogP) is 3.29. The number of amides is 1. The molecule has 1 heterocycles. The van der Waals surface area contributed by atoms with Crippen LogP contribution < -0.4 is 14.4 Å². The van der Waals surface area contributed by atoms with E-state index < -0.39 is 0 Å². The average Bonchev–Trinajstić information content (AvgIpc) is 2.73. The normalized spacial score (nSPS) is 13.9. The monoisotopic (exact) mass is 384 g/mol. The first-order valence-corrected chi connectivity index (χ1v) is 9.30. The minimum absolute atomic E-state index is 0.0587. The van der Waals surface area contributed by atoms with E-state index in [0.717, 1.165) is 12.0 Å². The van der Waals surface area contributed by atoms with Gasteiger partial charge >= 0.3 is 0 Å². The topological polar surface area (TPSA) is 42.0 Å². The summed E-state index contributed by atoms with van der Waals surface area (Å²) in [6.07, 6.45) is 2.56. The summed E-state index contributed by atoms with van der Waals surface area (Å²) in [6, 6.07) is 12.3. The van der Waals surface area contributed by atoms with Gasteiger partial charge in [-0.15, -0.1) is 6.58 Å². The van der Waals surface area contributed by atoms with Crippen LogP contribution in [0.1, 0.15) is 5.56 Å². The second-order valence-electron chi connectivity index (χ2n) is 6.59. The number of carbonyl (C=O) groups excluding carboxylic acids is 1. The molecule has 5 nitrogen and oxygen atoms in total. The Bertz CT molecular complexity index is 832. The minimum Gasteiger partial charge on any atom is -0.493 e. The lowest BCUT2D eigenvalue weighted by Crippen LogP contribution is -2.50. The number of ether oxygens (including phenoxy) is 2. The van der Waals surface area contributed by atoms with Gasteiger partial charge in [0.1, 0.15) is 5.82 Å². The van der Waals surface area contributed by atoms with E-state index in [2.05, 4.69) is 6.58 Å². The Morgan fingerprint density at radius 1 is 1.14 bits per heavy atom. The largest absolute Gasteiger partial charge is 0.493 e. The quantitative estimate of drug-likeness (QED) is 0.687. The first-order valence-electron chi connectivity index (χ1n) is 9.30. The third kappa shape index (κ3) is 4.63. The number of nitrogens with zero attached hydrogens (tertiary/aromatic N) is 2. The molecule has 0 atom stereocenters. The Kier molecular flexibility index (Phi) is 6.53. The van der Waals surface area contributed by atoms with Gasteiger partial charge in [0.05, 0.1) is 12.8 Å². The van der Waals surface area contributed by atoms with Crippen molar-refractivity contribution in [1.82, 2.24) is 4.90 Å². The summed E-state index contributed by atoms with van der Waals surface area (Å²) in [4.78, 5) is 16.2. The molecule has 3 rings (SSSR count). The van der Waals surface area contributed by atoms with Crippen molar-refractivity contribution in [1.29, 1.82) is 0 Å². The van der Waals surface area contributed by atoms with Gasteiger partial charge in [0.25, 0.3) is 5.91 Å². The van der Waals surface area contributed by atoms with Crippen LogP contribution in [0.3, 0.4) is 0 Å². The Hall–Kier alpha value is -3.02. The molecule has 6 heteroatoms. The van der Waals surface area contributed by atoms with E-state index in [9.17, 15) is 9.18 Å². The summed E-state index contributed by atoms with van der Waals surface area (Å²) < 4.78 is 25.0. The molecule has 0 radical (unpaired) electrons.